The molecule has 7 heteroatoms. The third-order valence-electron chi connectivity index (χ3n) is 5.10. The topological polar surface area (TPSA) is 66.4 Å². The number of hydrogen-bond acceptors (Lipinski definition) is 6. The zero-order chi connectivity index (χ0) is 22.1. The normalized spacial score (nSPS) is 11.0. The Morgan fingerprint density at radius 1 is 0.750 bits per heavy atom. The van der Waals surface area contributed by atoms with Gasteiger partial charge in [-0.1, -0.05) is 0 Å². The lowest BCUT2D eigenvalue weighted by Gasteiger charge is -2.15. The summed E-state index contributed by atoms with van der Waals surface area (Å²) < 4.78 is 30.7. The predicted molar refractivity (Wildman–Crippen MR) is 120 cm³/mol. The average molecular weight is 427 g/mol. The first kappa shape index (κ1) is 19.7. The van der Waals surface area contributed by atoms with E-state index in [9.17, 15) is 4.39 Å². The number of rotatable bonds is 5. The zero-order valence-corrected chi connectivity index (χ0v) is 17.4. The molecule has 0 unspecified atom stereocenters. The van der Waals surface area contributed by atoms with Crippen molar-refractivity contribution >= 4 is 21.9 Å². The minimum Gasteiger partial charge on any atom is -0.493 e. The molecule has 5 rings (SSSR count). The quantitative estimate of drug-likeness (QED) is 0.354. The fourth-order valence-electron chi connectivity index (χ4n) is 3.53. The Hall–Kier alpha value is -4.26. The van der Waals surface area contributed by atoms with E-state index in [2.05, 4.69) is 9.97 Å². The number of benzene rings is 2. The standard InChI is InChI=1S/C25H18FN3O3/c1-30-21-13-18-19(14-22(21)31-2)27-11-9-20(18)32-23-12-16-4-3-10-28-25(16)29-24(23)15-5-7-17(26)8-6-15/h3-14H,1-2H3. The molecule has 0 spiro atoms. The first-order valence-corrected chi connectivity index (χ1v) is 9.86. The van der Waals surface area contributed by atoms with Gasteiger partial charge >= 0.3 is 0 Å². The Morgan fingerprint density at radius 3 is 2.31 bits per heavy atom. The molecule has 0 saturated heterocycles. The second-order valence-electron chi connectivity index (χ2n) is 7.03. The van der Waals surface area contributed by atoms with Crippen molar-refractivity contribution in [2.45, 2.75) is 0 Å². The molecule has 0 N–H and O–H groups in total. The van der Waals surface area contributed by atoms with Crippen LogP contribution in [0.1, 0.15) is 0 Å². The smallest absolute Gasteiger partial charge is 0.162 e. The fraction of sp³-hybridized carbons (Fsp3) is 0.0800. The molecule has 3 aromatic heterocycles. The summed E-state index contributed by atoms with van der Waals surface area (Å²) in [6.45, 7) is 0. The molecule has 0 atom stereocenters. The highest BCUT2D eigenvalue weighted by Gasteiger charge is 2.16. The minimum atomic E-state index is -0.323. The van der Waals surface area contributed by atoms with Gasteiger partial charge in [-0.15, -0.1) is 0 Å². The number of methoxy groups -OCH3 is 2. The summed E-state index contributed by atoms with van der Waals surface area (Å²) in [6.07, 6.45) is 3.34. The molecule has 0 saturated carbocycles. The molecule has 0 bridgehead atoms. The van der Waals surface area contributed by atoms with E-state index in [1.807, 2.05) is 24.3 Å². The molecule has 0 aliphatic carbocycles. The van der Waals surface area contributed by atoms with Gasteiger partial charge in [-0.2, -0.15) is 0 Å². The van der Waals surface area contributed by atoms with E-state index >= 15 is 0 Å². The molecule has 6 nitrogen and oxygen atoms in total. The minimum absolute atomic E-state index is 0.323. The summed E-state index contributed by atoms with van der Waals surface area (Å²) in [5.74, 6) is 1.91. The lowest BCUT2D eigenvalue weighted by Crippen LogP contribution is -1.96. The Kier molecular flexibility index (Phi) is 4.99. The van der Waals surface area contributed by atoms with E-state index < -0.39 is 0 Å². The second kappa shape index (κ2) is 8.11. The van der Waals surface area contributed by atoms with E-state index in [4.69, 9.17) is 19.2 Å². The fourth-order valence-corrected chi connectivity index (χ4v) is 3.53. The average Bonchev–Trinajstić information content (AvgIpc) is 2.83. The highest BCUT2D eigenvalue weighted by Crippen LogP contribution is 2.39. The maximum absolute atomic E-state index is 13.5. The number of halogens is 1. The summed E-state index contributed by atoms with van der Waals surface area (Å²) in [5, 5.41) is 1.58. The van der Waals surface area contributed by atoms with Gasteiger partial charge in [-0.3, -0.25) is 4.98 Å². The van der Waals surface area contributed by atoms with Crippen molar-refractivity contribution in [1.82, 2.24) is 15.0 Å². The van der Waals surface area contributed by atoms with Gasteiger partial charge < -0.3 is 14.2 Å². The predicted octanol–water partition coefficient (Wildman–Crippen LogP) is 5.79. The molecule has 0 amide bonds. The van der Waals surface area contributed by atoms with E-state index in [0.29, 0.717) is 45.4 Å². The molecule has 2 aromatic carbocycles. The van der Waals surface area contributed by atoms with Gasteiger partial charge in [0.25, 0.3) is 0 Å². The molecule has 158 valence electrons. The maximum atomic E-state index is 13.5. The van der Waals surface area contributed by atoms with Crippen LogP contribution in [0.4, 0.5) is 4.39 Å². The van der Waals surface area contributed by atoms with E-state index in [0.717, 1.165) is 10.8 Å². The maximum Gasteiger partial charge on any atom is 0.162 e. The SMILES string of the molecule is COc1cc2nccc(Oc3cc4cccnc4nc3-c3ccc(F)cc3)c2cc1OC. The first-order chi connectivity index (χ1) is 15.7. The molecule has 0 aliphatic rings. The molecule has 0 fully saturated rings. The summed E-state index contributed by atoms with van der Waals surface area (Å²) in [6, 6.07) is 17.1. The molecule has 32 heavy (non-hydrogen) atoms. The molecular formula is C25H18FN3O3. The number of fused-ring (bicyclic) bond motifs is 2. The largest absolute Gasteiger partial charge is 0.493 e. The third kappa shape index (κ3) is 3.54. The van der Waals surface area contributed by atoms with Crippen LogP contribution < -0.4 is 14.2 Å². The number of aromatic nitrogens is 3. The van der Waals surface area contributed by atoms with Crippen LogP contribution in [0.3, 0.4) is 0 Å². The van der Waals surface area contributed by atoms with Crippen molar-refractivity contribution in [3.8, 4) is 34.3 Å². The van der Waals surface area contributed by atoms with Crippen molar-refractivity contribution in [1.29, 1.82) is 0 Å². The molecule has 0 aliphatic heterocycles. The number of ether oxygens (including phenoxy) is 3. The summed E-state index contributed by atoms with van der Waals surface area (Å²) >= 11 is 0. The van der Waals surface area contributed by atoms with Crippen molar-refractivity contribution < 1.29 is 18.6 Å². The molecular weight excluding hydrogens is 409 g/mol. The molecule has 0 radical (unpaired) electrons. The molecule has 3 heterocycles. The molecule has 5 aromatic rings. The van der Waals surface area contributed by atoms with Gasteiger partial charge in [0.2, 0.25) is 0 Å². The van der Waals surface area contributed by atoms with E-state index in [1.54, 1.807) is 50.9 Å². The van der Waals surface area contributed by atoms with Gasteiger partial charge in [0.15, 0.2) is 22.9 Å². The van der Waals surface area contributed by atoms with Crippen molar-refractivity contribution in [3.63, 3.8) is 0 Å². The second-order valence-corrected chi connectivity index (χ2v) is 7.03. The Balaban J connectivity index is 1.69. The van der Waals surface area contributed by atoms with E-state index in [1.165, 1.54) is 12.1 Å². The van der Waals surface area contributed by atoms with Gasteiger partial charge in [0.05, 0.1) is 19.7 Å². The lowest BCUT2D eigenvalue weighted by atomic mass is 10.1. The number of nitrogens with zero attached hydrogens (tertiary/aromatic N) is 3. The van der Waals surface area contributed by atoms with Gasteiger partial charge in [-0.25, -0.2) is 14.4 Å². The monoisotopic (exact) mass is 427 g/mol. The number of pyridine rings is 3. The third-order valence-corrected chi connectivity index (χ3v) is 5.10. The Morgan fingerprint density at radius 2 is 1.53 bits per heavy atom. The van der Waals surface area contributed by atoms with Crippen molar-refractivity contribution in [2.75, 3.05) is 14.2 Å². The Labute approximate surface area is 183 Å². The van der Waals surface area contributed by atoms with Crippen LogP contribution in [0.25, 0.3) is 33.2 Å². The van der Waals surface area contributed by atoms with Crippen LogP contribution in [0, 0.1) is 5.82 Å². The van der Waals surface area contributed by atoms with Crippen molar-refractivity contribution in [3.05, 3.63) is 78.9 Å². The van der Waals surface area contributed by atoms with Crippen LogP contribution in [0.15, 0.2) is 73.1 Å². The lowest BCUT2D eigenvalue weighted by molar-refractivity contribution is 0.355. The highest BCUT2D eigenvalue weighted by atomic mass is 19.1. The van der Waals surface area contributed by atoms with Crippen LogP contribution in [-0.2, 0) is 0 Å². The zero-order valence-electron chi connectivity index (χ0n) is 17.4. The van der Waals surface area contributed by atoms with Gasteiger partial charge in [-0.05, 0) is 54.6 Å². The Bertz CT molecular complexity index is 1440. The first-order valence-electron chi connectivity index (χ1n) is 9.86. The number of hydrogen-bond donors (Lipinski definition) is 0. The summed E-state index contributed by atoms with van der Waals surface area (Å²) in [7, 11) is 3.15. The van der Waals surface area contributed by atoms with Crippen LogP contribution in [0.5, 0.6) is 23.0 Å². The highest BCUT2D eigenvalue weighted by molar-refractivity contribution is 5.89. The van der Waals surface area contributed by atoms with Crippen LogP contribution in [0.2, 0.25) is 0 Å². The van der Waals surface area contributed by atoms with Gasteiger partial charge in [0, 0.05) is 34.8 Å². The van der Waals surface area contributed by atoms with E-state index in [-0.39, 0.29) is 5.82 Å². The van der Waals surface area contributed by atoms with Crippen LogP contribution >= 0.6 is 0 Å². The van der Waals surface area contributed by atoms with Crippen LogP contribution in [-0.4, -0.2) is 29.2 Å². The van der Waals surface area contributed by atoms with Crippen molar-refractivity contribution in [2.24, 2.45) is 0 Å². The summed E-state index contributed by atoms with van der Waals surface area (Å²) in [4.78, 5) is 13.5. The summed E-state index contributed by atoms with van der Waals surface area (Å²) in [5.41, 5.74) is 2.54. The van der Waals surface area contributed by atoms with Gasteiger partial charge in [0.1, 0.15) is 17.3 Å².